The Bertz CT molecular complexity index is 1060. The van der Waals surface area contributed by atoms with Gasteiger partial charge in [0.2, 0.25) is 0 Å². The van der Waals surface area contributed by atoms with Crippen molar-refractivity contribution in [2.45, 2.75) is 25.1 Å². The number of piperidine rings is 1. The molecule has 1 N–H and O–H groups in total. The van der Waals surface area contributed by atoms with Gasteiger partial charge in [0.15, 0.2) is 0 Å². The molecule has 0 aliphatic carbocycles. The Kier molecular flexibility index (Phi) is 5.23. The Labute approximate surface area is 170 Å². The number of hydrogen-bond acceptors (Lipinski definition) is 4. The van der Waals surface area contributed by atoms with Crippen molar-refractivity contribution in [3.8, 4) is 5.75 Å². The van der Waals surface area contributed by atoms with Gasteiger partial charge in [-0.1, -0.05) is 11.3 Å². The Balaban J connectivity index is 1.41. The van der Waals surface area contributed by atoms with Crippen LogP contribution in [0.3, 0.4) is 0 Å². The molecule has 7 nitrogen and oxygen atoms in total. The second kappa shape index (κ2) is 7.85. The molecule has 30 heavy (non-hydrogen) atoms. The first-order valence-electron chi connectivity index (χ1n) is 9.47. The van der Waals surface area contributed by atoms with Crippen LogP contribution in [0.2, 0.25) is 0 Å². The molecule has 158 valence electrons. The van der Waals surface area contributed by atoms with Crippen molar-refractivity contribution in [3.05, 3.63) is 48.0 Å². The fourth-order valence-corrected chi connectivity index (χ4v) is 3.60. The van der Waals surface area contributed by atoms with Crippen molar-refractivity contribution < 1.29 is 22.7 Å². The predicted octanol–water partition coefficient (Wildman–Crippen LogP) is 4.33. The van der Waals surface area contributed by atoms with E-state index in [4.69, 9.17) is 4.74 Å². The van der Waals surface area contributed by atoms with Gasteiger partial charge in [-0.25, -0.2) is 9.48 Å². The van der Waals surface area contributed by atoms with E-state index in [0.29, 0.717) is 42.9 Å². The molecule has 4 rings (SSSR count). The second-order valence-corrected chi connectivity index (χ2v) is 7.12. The average molecular weight is 419 g/mol. The number of carbonyl (C=O) groups is 1. The second-order valence-electron chi connectivity index (χ2n) is 7.12. The van der Waals surface area contributed by atoms with E-state index in [0.717, 1.165) is 12.1 Å². The van der Waals surface area contributed by atoms with Gasteiger partial charge in [-0.3, -0.25) is 0 Å². The highest BCUT2D eigenvalue weighted by Gasteiger charge is 2.31. The molecule has 2 amide bonds. The number of aromatic nitrogens is 3. The molecule has 1 aliphatic heterocycles. The fraction of sp³-hybridized carbons (Fsp3) is 0.350. The molecule has 0 saturated carbocycles. The molecule has 0 atom stereocenters. The molecule has 10 heteroatoms. The zero-order valence-electron chi connectivity index (χ0n) is 16.2. The SMILES string of the molecule is COc1cccc(NC(=O)N2CCC(n3nnc4cc(C(F)(F)F)ccc43)CC2)c1. The lowest BCUT2D eigenvalue weighted by Gasteiger charge is -2.32. The van der Waals surface area contributed by atoms with Crippen LogP contribution in [0.5, 0.6) is 5.75 Å². The van der Waals surface area contributed by atoms with Crippen LogP contribution < -0.4 is 10.1 Å². The first-order chi connectivity index (χ1) is 14.3. The lowest BCUT2D eigenvalue weighted by atomic mass is 10.1. The summed E-state index contributed by atoms with van der Waals surface area (Å²) in [5, 5.41) is 10.8. The largest absolute Gasteiger partial charge is 0.497 e. The summed E-state index contributed by atoms with van der Waals surface area (Å²) in [5.74, 6) is 0.651. The summed E-state index contributed by atoms with van der Waals surface area (Å²) in [4.78, 5) is 14.2. The smallest absolute Gasteiger partial charge is 0.416 e. The van der Waals surface area contributed by atoms with E-state index in [2.05, 4.69) is 15.6 Å². The normalized spacial score (nSPS) is 15.4. The maximum absolute atomic E-state index is 12.9. The molecule has 2 aromatic carbocycles. The summed E-state index contributed by atoms with van der Waals surface area (Å²) in [6.45, 7) is 1.00. The Morgan fingerprint density at radius 1 is 1.17 bits per heavy atom. The molecular formula is C20H20F3N5O2. The summed E-state index contributed by atoms with van der Waals surface area (Å²) in [6.07, 6.45) is -3.16. The van der Waals surface area contributed by atoms with Gasteiger partial charge in [-0.2, -0.15) is 13.2 Å². The molecule has 0 bridgehead atoms. The number of methoxy groups -OCH3 is 1. The lowest BCUT2D eigenvalue weighted by molar-refractivity contribution is -0.137. The molecule has 1 aliphatic rings. The molecule has 0 unspecified atom stereocenters. The fourth-order valence-electron chi connectivity index (χ4n) is 3.60. The molecule has 1 fully saturated rings. The monoisotopic (exact) mass is 419 g/mol. The highest BCUT2D eigenvalue weighted by molar-refractivity contribution is 5.89. The Morgan fingerprint density at radius 3 is 2.63 bits per heavy atom. The van der Waals surface area contributed by atoms with E-state index < -0.39 is 11.7 Å². The van der Waals surface area contributed by atoms with Gasteiger partial charge in [-0.05, 0) is 43.2 Å². The van der Waals surface area contributed by atoms with Crippen molar-refractivity contribution in [2.75, 3.05) is 25.5 Å². The third kappa shape index (κ3) is 4.03. The number of anilines is 1. The number of halogens is 3. The van der Waals surface area contributed by atoms with E-state index in [1.165, 1.54) is 6.07 Å². The van der Waals surface area contributed by atoms with Crippen LogP contribution in [0.1, 0.15) is 24.4 Å². The molecule has 1 saturated heterocycles. The van der Waals surface area contributed by atoms with Gasteiger partial charge in [0.25, 0.3) is 0 Å². The van der Waals surface area contributed by atoms with Crippen LogP contribution in [0, 0.1) is 0 Å². The van der Waals surface area contributed by atoms with Crippen molar-refractivity contribution in [2.24, 2.45) is 0 Å². The minimum absolute atomic E-state index is 0.0346. The van der Waals surface area contributed by atoms with E-state index in [9.17, 15) is 18.0 Å². The molecule has 0 radical (unpaired) electrons. The first-order valence-corrected chi connectivity index (χ1v) is 9.47. The number of fused-ring (bicyclic) bond motifs is 1. The number of carbonyl (C=O) groups excluding carboxylic acids is 1. The van der Waals surface area contributed by atoms with Crippen molar-refractivity contribution in [3.63, 3.8) is 0 Å². The number of alkyl halides is 3. The number of likely N-dealkylation sites (tertiary alicyclic amines) is 1. The number of benzene rings is 2. The summed E-state index contributed by atoms with van der Waals surface area (Å²) in [7, 11) is 1.56. The third-order valence-corrected chi connectivity index (χ3v) is 5.22. The summed E-state index contributed by atoms with van der Waals surface area (Å²) in [5.41, 5.74) is 0.667. The van der Waals surface area contributed by atoms with Gasteiger partial charge in [0.05, 0.1) is 24.2 Å². The molecular weight excluding hydrogens is 399 g/mol. The third-order valence-electron chi connectivity index (χ3n) is 5.22. The van der Waals surface area contributed by atoms with Gasteiger partial charge in [-0.15, -0.1) is 5.10 Å². The topological polar surface area (TPSA) is 72.3 Å². The van der Waals surface area contributed by atoms with Gasteiger partial charge in [0, 0.05) is 24.8 Å². The Morgan fingerprint density at radius 2 is 1.93 bits per heavy atom. The number of hydrogen-bond donors (Lipinski definition) is 1. The molecule has 0 spiro atoms. The standard InChI is InChI=1S/C20H20F3N5O2/c1-30-16-4-2-3-14(12-16)24-19(29)27-9-7-15(8-10-27)28-18-6-5-13(20(21,22)23)11-17(18)25-26-28/h2-6,11-12,15H,7-10H2,1H3,(H,24,29). The van der Waals surface area contributed by atoms with E-state index in [1.807, 2.05) is 0 Å². The lowest BCUT2D eigenvalue weighted by Crippen LogP contribution is -2.41. The van der Waals surface area contributed by atoms with Crippen LogP contribution in [-0.2, 0) is 6.18 Å². The minimum atomic E-state index is -4.42. The molecule has 3 aromatic rings. The van der Waals surface area contributed by atoms with Crippen molar-refractivity contribution in [1.82, 2.24) is 19.9 Å². The predicted molar refractivity (Wildman–Crippen MR) is 104 cm³/mol. The van der Waals surface area contributed by atoms with Gasteiger partial charge >= 0.3 is 12.2 Å². The maximum Gasteiger partial charge on any atom is 0.416 e. The number of rotatable bonds is 3. The molecule has 2 heterocycles. The zero-order valence-corrected chi connectivity index (χ0v) is 16.2. The van der Waals surface area contributed by atoms with E-state index in [-0.39, 0.29) is 17.6 Å². The maximum atomic E-state index is 12.9. The van der Waals surface area contributed by atoms with Crippen LogP contribution >= 0.6 is 0 Å². The van der Waals surface area contributed by atoms with E-state index in [1.54, 1.807) is 41.0 Å². The van der Waals surface area contributed by atoms with Crippen molar-refractivity contribution >= 4 is 22.8 Å². The highest BCUT2D eigenvalue weighted by Crippen LogP contribution is 2.32. The number of amides is 2. The Hall–Kier alpha value is -3.30. The zero-order chi connectivity index (χ0) is 21.3. The number of nitrogens with zero attached hydrogens (tertiary/aromatic N) is 4. The first kappa shape index (κ1) is 20.0. The van der Waals surface area contributed by atoms with Crippen LogP contribution in [0.15, 0.2) is 42.5 Å². The average Bonchev–Trinajstić information content (AvgIpc) is 3.16. The van der Waals surface area contributed by atoms with Crippen LogP contribution in [-0.4, -0.2) is 46.1 Å². The van der Waals surface area contributed by atoms with Crippen LogP contribution in [0.4, 0.5) is 23.7 Å². The van der Waals surface area contributed by atoms with Crippen molar-refractivity contribution in [1.29, 1.82) is 0 Å². The van der Waals surface area contributed by atoms with Gasteiger partial charge < -0.3 is 15.0 Å². The molecule has 1 aromatic heterocycles. The highest BCUT2D eigenvalue weighted by atomic mass is 19.4. The summed E-state index contributed by atoms with van der Waals surface area (Å²) >= 11 is 0. The number of urea groups is 1. The van der Waals surface area contributed by atoms with Crippen LogP contribution in [0.25, 0.3) is 11.0 Å². The van der Waals surface area contributed by atoms with E-state index >= 15 is 0 Å². The summed E-state index contributed by atoms with van der Waals surface area (Å²) in [6, 6.07) is 10.3. The minimum Gasteiger partial charge on any atom is -0.497 e. The number of ether oxygens (including phenoxy) is 1. The quantitative estimate of drug-likeness (QED) is 0.686. The number of nitrogens with one attached hydrogen (secondary N) is 1. The van der Waals surface area contributed by atoms with Gasteiger partial charge in [0.1, 0.15) is 11.3 Å². The summed E-state index contributed by atoms with van der Waals surface area (Å²) < 4.78 is 45.5.